The molecule has 0 aliphatic carbocycles. The first-order valence-electron chi connectivity index (χ1n) is 8.75. The zero-order chi connectivity index (χ0) is 19.8. The lowest BCUT2D eigenvalue weighted by molar-refractivity contribution is 0.0947. The number of nitrogens with one attached hydrogen (secondary N) is 2. The topological polar surface area (TPSA) is 83.6 Å². The smallest absolute Gasteiger partial charge is 0.269 e. The Bertz CT molecular complexity index is 806. The second kappa shape index (κ2) is 9.68. The normalized spacial score (nSPS) is 10.6. The maximum atomic E-state index is 12.6. The van der Waals surface area contributed by atoms with E-state index in [1.165, 1.54) is 12.3 Å². The first-order valence-corrected chi connectivity index (χ1v) is 8.75. The molecule has 27 heavy (non-hydrogen) atoms. The van der Waals surface area contributed by atoms with Crippen molar-refractivity contribution in [3.05, 3.63) is 53.3 Å². The number of benzene rings is 1. The molecule has 0 spiro atoms. The van der Waals surface area contributed by atoms with E-state index in [0.29, 0.717) is 23.5 Å². The molecule has 7 heteroatoms. The molecule has 1 aromatic carbocycles. The highest BCUT2D eigenvalue weighted by atomic mass is 16.5. The van der Waals surface area contributed by atoms with Gasteiger partial charge in [-0.15, -0.1) is 0 Å². The Morgan fingerprint density at radius 3 is 2.63 bits per heavy atom. The van der Waals surface area contributed by atoms with Crippen molar-refractivity contribution in [2.45, 2.75) is 13.3 Å². The van der Waals surface area contributed by atoms with Crippen LogP contribution in [0.2, 0.25) is 0 Å². The van der Waals surface area contributed by atoms with Gasteiger partial charge in [0, 0.05) is 18.3 Å². The molecule has 1 heterocycles. The van der Waals surface area contributed by atoms with Gasteiger partial charge in [-0.05, 0) is 63.8 Å². The van der Waals surface area contributed by atoms with Gasteiger partial charge in [-0.2, -0.15) is 0 Å². The molecule has 0 aliphatic heterocycles. The molecule has 0 saturated carbocycles. The highest BCUT2D eigenvalue weighted by Crippen LogP contribution is 2.25. The summed E-state index contributed by atoms with van der Waals surface area (Å²) in [5.74, 6) is -0.0543. The molecule has 2 N–H and O–H groups in total. The van der Waals surface area contributed by atoms with E-state index in [9.17, 15) is 9.59 Å². The number of anilines is 1. The Labute approximate surface area is 159 Å². The van der Waals surface area contributed by atoms with Gasteiger partial charge in [-0.25, -0.2) is 0 Å². The summed E-state index contributed by atoms with van der Waals surface area (Å²) in [6.07, 6.45) is 2.29. The number of hydrogen-bond donors (Lipinski definition) is 2. The van der Waals surface area contributed by atoms with Crippen molar-refractivity contribution in [3.8, 4) is 5.75 Å². The molecule has 144 valence electrons. The standard InChI is InChI=1S/C20H26N4O3/c1-14-6-7-18(27-4)16(12-14)23-19(25)15-8-10-21-17(13-15)20(26)22-9-5-11-24(2)3/h6-8,10,12-13H,5,9,11H2,1-4H3,(H,22,26)(H,23,25). The number of amides is 2. The van der Waals surface area contributed by atoms with Crippen LogP contribution in [-0.4, -0.2) is 56.0 Å². The molecule has 0 aliphatic rings. The number of carbonyl (C=O) groups is 2. The highest BCUT2D eigenvalue weighted by molar-refractivity contribution is 6.06. The number of nitrogens with zero attached hydrogens (tertiary/aromatic N) is 2. The molecule has 1 aromatic heterocycles. The van der Waals surface area contributed by atoms with E-state index in [4.69, 9.17) is 4.74 Å². The third-order valence-electron chi connectivity index (χ3n) is 3.93. The van der Waals surface area contributed by atoms with Crippen molar-refractivity contribution < 1.29 is 14.3 Å². The quantitative estimate of drug-likeness (QED) is 0.697. The van der Waals surface area contributed by atoms with E-state index < -0.39 is 0 Å². The van der Waals surface area contributed by atoms with Gasteiger partial charge in [-0.1, -0.05) is 6.07 Å². The number of aromatic nitrogens is 1. The molecular formula is C20H26N4O3. The maximum Gasteiger partial charge on any atom is 0.269 e. The van der Waals surface area contributed by atoms with Crippen molar-refractivity contribution in [2.75, 3.05) is 39.6 Å². The minimum Gasteiger partial charge on any atom is -0.495 e. The van der Waals surface area contributed by atoms with Gasteiger partial charge in [0.1, 0.15) is 11.4 Å². The van der Waals surface area contributed by atoms with Gasteiger partial charge in [0.15, 0.2) is 0 Å². The first-order chi connectivity index (χ1) is 12.9. The third kappa shape index (κ3) is 6.07. The molecule has 0 unspecified atom stereocenters. The van der Waals surface area contributed by atoms with E-state index in [1.54, 1.807) is 19.2 Å². The fourth-order valence-corrected chi connectivity index (χ4v) is 2.50. The number of carbonyl (C=O) groups excluding carboxylic acids is 2. The summed E-state index contributed by atoms with van der Waals surface area (Å²) in [7, 11) is 5.51. The Kier molecular flexibility index (Phi) is 7.31. The van der Waals surface area contributed by atoms with E-state index in [1.807, 2.05) is 33.2 Å². The highest BCUT2D eigenvalue weighted by Gasteiger charge is 2.13. The van der Waals surface area contributed by atoms with E-state index >= 15 is 0 Å². The van der Waals surface area contributed by atoms with Crippen LogP contribution < -0.4 is 15.4 Å². The van der Waals surface area contributed by atoms with Crippen molar-refractivity contribution in [2.24, 2.45) is 0 Å². The first kappa shape index (κ1) is 20.4. The van der Waals surface area contributed by atoms with Crippen molar-refractivity contribution in [3.63, 3.8) is 0 Å². The largest absolute Gasteiger partial charge is 0.495 e. The van der Waals surface area contributed by atoms with Crippen molar-refractivity contribution in [1.29, 1.82) is 0 Å². The Morgan fingerprint density at radius 1 is 1.15 bits per heavy atom. The molecule has 2 rings (SSSR count). The van der Waals surface area contributed by atoms with Crippen molar-refractivity contribution >= 4 is 17.5 Å². The minimum absolute atomic E-state index is 0.212. The summed E-state index contributed by atoms with van der Waals surface area (Å²) in [4.78, 5) is 30.9. The van der Waals surface area contributed by atoms with Crippen LogP contribution in [0.3, 0.4) is 0 Å². The predicted octanol–water partition coefficient (Wildman–Crippen LogP) is 2.33. The monoisotopic (exact) mass is 370 g/mol. The zero-order valence-corrected chi connectivity index (χ0v) is 16.2. The van der Waals surface area contributed by atoms with Crippen LogP contribution in [0.25, 0.3) is 0 Å². The summed E-state index contributed by atoms with van der Waals surface area (Å²) < 4.78 is 5.28. The van der Waals surface area contributed by atoms with E-state index in [0.717, 1.165) is 18.5 Å². The Balaban J connectivity index is 2.05. The summed E-state index contributed by atoms with van der Waals surface area (Å²) in [5, 5.41) is 5.64. The number of methoxy groups -OCH3 is 1. The van der Waals surface area contributed by atoms with Gasteiger partial charge in [0.05, 0.1) is 12.8 Å². The van der Waals surface area contributed by atoms with Crippen LogP contribution in [0.4, 0.5) is 5.69 Å². The average molecular weight is 370 g/mol. The molecule has 0 saturated heterocycles. The second-order valence-corrected chi connectivity index (χ2v) is 6.50. The molecular weight excluding hydrogens is 344 g/mol. The van der Waals surface area contributed by atoms with Gasteiger partial charge in [0.25, 0.3) is 11.8 Å². The van der Waals surface area contributed by atoms with Crippen LogP contribution in [0.1, 0.15) is 32.8 Å². The predicted molar refractivity (Wildman–Crippen MR) is 105 cm³/mol. The van der Waals surface area contributed by atoms with Crippen LogP contribution in [0.5, 0.6) is 5.75 Å². The van der Waals surface area contributed by atoms with Crippen LogP contribution in [0, 0.1) is 6.92 Å². The Hall–Kier alpha value is -2.93. The van der Waals surface area contributed by atoms with Crippen molar-refractivity contribution in [1.82, 2.24) is 15.2 Å². The molecule has 7 nitrogen and oxygen atoms in total. The fraction of sp³-hybridized carbons (Fsp3) is 0.350. The average Bonchev–Trinajstić information content (AvgIpc) is 2.65. The van der Waals surface area contributed by atoms with E-state index in [2.05, 4.69) is 20.5 Å². The Morgan fingerprint density at radius 2 is 1.93 bits per heavy atom. The molecule has 0 atom stereocenters. The lowest BCUT2D eigenvalue weighted by Crippen LogP contribution is -2.28. The fourth-order valence-electron chi connectivity index (χ4n) is 2.50. The summed E-state index contributed by atoms with van der Waals surface area (Å²) in [6, 6.07) is 8.58. The summed E-state index contributed by atoms with van der Waals surface area (Å²) in [5.41, 5.74) is 2.14. The zero-order valence-electron chi connectivity index (χ0n) is 16.2. The number of hydrogen-bond acceptors (Lipinski definition) is 5. The SMILES string of the molecule is COc1ccc(C)cc1NC(=O)c1ccnc(C(=O)NCCCN(C)C)c1. The van der Waals surface area contributed by atoms with Gasteiger partial charge >= 0.3 is 0 Å². The number of aryl methyl sites for hydroxylation is 1. The van der Waals surface area contributed by atoms with Gasteiger partial charge < -0.3 is 20.3 Å². The van der Waals surface area contributed by atoms with E-state index in [-0.39, 0.29) is 17.5 Å². The van der Waals surface area contributed by atoms with Crippen LogP contribution in [-0.2, 0) is 0 Å². The summed E-state index contributed by atoms with van der Waals surface area (Å²) >= 11 is 0. The molecule has 2 amide bonds. The lowest BCUT2D eigenvalue weighted by atomic mass is 10.1. The molecule has 2 aromatic rings. The number of rotatable bonds is 8. The number of ether oxygens (including phenoxy) is 1. The molecule has 0 bridgehead atoms. The minimum atomic E-state index is -0.331. The van der Waals surface area contributed by atoms with Gasteiger partial charge in [0.2, 0.25) is 0 Å². The lowest BCUT2D eigenvalue weighted by Gasteiger charge is -2.12. The summed E-state index contributed by atoms with van der Waals surface area (Å²) in [6.45, 7) is 3.37. The molecule has 0 fully saturated rings. The van der Waals surface area contributed by atoms with Gasteiger partial charge in [-0.3, -0.25) is 14.6 Å². The molecule has 0 radical (unpaired) electrons. The second-order valence-electron chi connectivity index (χ2n) is 6.50. The van der Waals surface area contributed by atoms with Crippen LogP contribution >= 0.6 is 0 Å². The van der Waals surface area contributed by atoms with Crippen LogP contribution in [0.15, 0.2) is 36.5 Å². The third-order valence-corrected chi connectivity index (χ3v) is 3.93. The number of pyridine rings is 1. The maximum absolute atomic E-state index is 12.6.